The SMILES string of the molecule is O=C(CN1CCOC1=O)N1CCC[C@]2(C=Cc3ccccc3O2)CC1. The van der Waals surface area contributed by atoms with Gasteiger partial charge < -0.3 is 14.4 Å². The molecule has 0 radical (unpaired) electrons. The minimum atomic E-state index is -0.394. The quantitative estimate of drug-likeness (QED) is 0.827. The van der Waals surface area contributed by atoms with Crippen molar-refractivity contribution in [2.24, 2.45) is 0 Å². The zero-order valence-electron chi connectivity index (χ0n) is 14.1. The third-order valence-electron chi connectivity index (χ3n) is 5.16. The van der Waals surface area contributed by atoms with Gasteiger partial charge in [-0.3, -0.25) is 9.69 Å². The molecule has 3 aliphatic heterocycles. The van der Waals surface area contributed by atoms with E-state index in [0.717, 1.165) is 30.6 Å². The zero-order chi connectivity index (χ0) is 17.3. The number of hydrogen-bond donors (Lipinski definition) is 0. The van der Waals surface area contributed by atoms with E-state index in [1.165, 1.54) is 4.90 Å². The average molecular weight is 342 g/mol. The Bertz CT molecular complexity index is 717. The van der Waals surface area contributed by atoms with Crippen LogP contribution in [0.25, 0.3) is 6.08 Å². The predicted molar refractivity (Wildman–Crippen MR) is 92.2 cm³/mol. The van der Waals surface area contributed by atoms with Crippen molar-refractivity contribution in [1.82, 2.24) is 9.80 Å². The molecule has 6 heteroatoms. The topological polar surface area (TPSA) is 59.1 Å². The Hall–Kier alpha value is -2.50. The fourth-order valence-corrected chi connectivity index (χ4v) is 3.69. The lowest BCUT2D eigenvalue weighted by molar-refractivity contribution is -0.131. The number of ether oxygens (including phenoxy) is 2. The molecule has 1 aromatic carbocycles. The predicted octanol–water partition coefficient (Wildman–Crippen LogP) is 2.30. The maximum atomic E-state index is 12.5. The molecule has 6 nitrogen and oxygen atoms in total. The van der Waals surface area contributed by atoms with Gasteiger partial charge in [0, 0.05) is 25.1 Å². The lowest BCUT2D eigenvalue weighted by atomic mass is 9.91. The molecule has 0 unspecified atom stereocenters. The van der Waals surface area contributed by atoms with Crippen molar-refractivity contribution >= 4 is 18.1 Å². The number of fused-ring (bicyclic) bond motifs is 1. The van der Waals surface area contributed by atoms with Gasteiger partial charge in [0.25, 0.3) is 0 Å². The lowest BCUT2D eigenvalue weighted by Gasteiger charge is -2.34. The first-order valence-electron chi connectivity index (χ1n) is 8.82. The molecule has 0 aromatic heterocycles. The van der Waals surface area contributed by atoms with Gasteiger partial charge in [0.1, 0.15) is 24.5 Å². The molecule has 1 spiro atoms. The standard InChI is InChI=1S/C19H22N2O4/c22-17(14-21-12-13-24-18(21)23)20-10-3-7-19(9-11-20)8-6-15-4-1-2-5-16(15)25-19/h1-2,4-6,8H,3,7,9-14H2/t19-/m0/s1. The van der Waals surface area contributed by atoms with E-state index >= 15 is 0 Å². The number of hydrogen-bond acceptors (Lipinski definition) is 4. The molecule has 2 fully saturated rings. The molecule has 25 heavy (non-hydrogen) atoms. The van der Waals surface area contributed by atoms with Crippen LogP contribution in [-0.4, -0.2) is 60.2 Å². The summed E-state index contributed by atoms with van der Waals surface area (Å²) in [5.41, 5.74) is 0.758. The van der Waals surface area contributed by atoms with Gasteiger partial charge in [0.15, 0.2) is 0 Å². The molecule has 0 N–H and O–H groups in total. The maximum Gasteiger partial charge on any atom is 0.410 e. The molecule has 1 aromatic rings. The molecule has 0 saturated carbocycles. The molecule has 4 rings (SSSR count). The van der Waals surface area contributed by atoms with Crippen LogP contribution in [-0.2, 0) is 9.53 Å². The second-order valence-electron chi connectivity index (χ2n) is 6.81. The molecule has 1 atom stereocenters. The third-order valence-corrected chi connectivity index (χ3v) is 5.16. The Kier molecular flexibility index (Phi) is 4.11. The highest BCUT2D eigenvalue weighted by atomic mass is 16.6. The monoisotopic (exact) mass is 342 g/mol. The molecular formula is C19H22N2O4. The lowest BCUT2D eigenvalue weighted by Crippen LogP contribution is -2.42. The number of amides is 2. The van der Waals surface area contributed by atoms with Crippen LogP contribution in [0, 0.1) is 0 Å². The summed E-state index contributed by atoms with van der Waals surface area (Å²) in [6.07, 6.45) is 6.39. The normalized spacial score (nSPS) is 25.4. The summed E-state index contributed by atoms with van der Waals surface area (Å²) in [4.78, 5) is 27.4. The second kappa shape index (κ2) is 6.43. The number of rotatable bonds is 2. The first-order valence-corrected chi connectivity index (χ1v) is 8.82. The number of nitrogens with zero attached hydrogens (tertiary/aromatic N) is 2. The molecule has 0 bridgehead atoms. The van der Waals surface area contributed by atoms with Crippen molar-refractivity contribution in [3.05, 3.63) is 35.9 Å². The van der Waals surface area contributed by atoms with Gasteiger partial charge in [-0.1, -0.05) is 24.3 Å². The van der Waals surface area contributed by atoms with Gasteiger partial charge in [0.2, 0.25) is 5.91 Å². The number of carbonyl (C=O) groups is 2. The molecule has 132 valence electrons. The van der Waals surface area contributed by atoms with Gasteiger partial charge in [0.05, 0.1) is 6.54 Å². The number of carbonyl (C=O) groups excluding carboxylic acids is 2. The van der Waals surface area contributed by atoms with Gasteiger partial charge in [-0.15, -0.1) is 0 Å². The summed E-state index contributed by atoms with van der Waals surface area (Å²) >= 11 is 0. The van der Waals surface area contributed by atoms with E-state index in [4.69, 9.17) is 9.47 Å². The Morgan fingerprint density at radius 2 is 2.04 bits per heavy atom. The summed E-state index contributed by atoms with van der Waals surface area (Å²) in [7, 11) is 0. The molecule has 3 aliphatic rings. The number of benzene rings is 1. The van der Waals surface area contributed by atoms with Crippen LogP contribution in [0.3, 0.4) is 0 Å². The molecule has 0 aliphatic carbocycles. The van der Waals surface area contributed by atoms with E-state index in [0.29, 0.717) is 26.2 Å². The van der Waals surface area contributed by atoms with Gasteiger partial charge in [-0.2, -0.15) is 0 Å². The number of para-hydroxylation sites is 1. The van der Waals surface area contributed by atoms with Gasteiger partial charge in [-0.05, 0) is 25.0 Å². The van der Waals surface area contributed by atoms with Crippen LogP contribution in [0.5, 0.6) is 5.75 Å². The summed E-state index contributed by atoms with van der Waals surface area (Å²) < 4.78 is 11.2. The van der Waals surface area contributed by atoms with Gasteiger partial charge in [-0.25, -0.2) is 4.79 Å². The van der Waals surface area contributed by atoms with Crippen molar-refractivity contribution < 1.29 is 19.1 Å². The van der Waals surface area contributed by atoms with E-state index < -0.39 is 6.09 Å². The average Bonchev–Trinajstić information content (AvgIpc) is 2.90. The van der Waals surface area contributed by atoms with Crippen LogP contribution in [0.15, 0.2) is 30.3 Å². The molecule has 2 amide bonds. The van der Waals surface area contributed by atoms with Crippen LogP contribution in [0.4, 0.5) is 4.79 Å². The second-order valence-corrected chi connectivity index (χ2v) is 6.81. The maximum absolute atomic E-state index is 12.5. The van der Waals surface area contributed by atoms with Crippen LogP contribution >= 0.6 is 0 Å². The van der Waals surface area contributed by atoms with Crippen LogP contribution in [0.2, 0.25) is 0 Å². The number of cyclic esters (lactones) is 1. The van der Waals surface area contributed by atoms with E-state index in [1.807, 2.05) is 29.2 Å². The van der Waals surface area contributed by atoms with Crippen molar-refractivity contribution in [2.45, 2.75) is 24.9 Å². The van der Waals surface area contributed by atoms with E-state index in [2.05, 4.69) is 12.2 Å². The highest BCUT2D eigenvalue weighted by Gasteiger charge is 2.36. The van der Waals surface area contributed by atoms with Gasteiger partial charge >= 0.3 is 6.09 Å². The smallest absolute Gasteiger partial charge is 0.410 e. The molecular weight excluding hydrogens is 320 g/mol. The zero-order valence-corrected chi connectivity index (χ0v) is 14.1. The van der Waals surface area contributed by atoms with E-state index in [-0.39, 0.29) is 18.1 Å². The minimum absolute atomic E-state index is 0.0175. The first kappa shape index (κ1) is 16.0. The van der Waals surface area contributed by atoms with E-state index in [9.17, 15) is 9.59 Å². The van der Waals surface area contributed by atoms with Crippen molar-refractivity contribution in [1.29, 1.82) is 0 Å². The summed E-state index contributed by atoms with van der Waals surface area (Å²) in [5.74, 6) is 0.890. The fraction of sp³-hybridized carbons (Fsp3) is 0.474. The summed E-state index contributed by atoms with van der Waals surface area (Å²) in [6, 6.07) is 8.02. The minimum Gasteiger partial charge on any atom is -0.483 e. The van der Waals surface area contributed by atoms with E-state index in [1.54, 1.807) is 0 Å². The van der Waals surface area contributed by atoms with Crippen molar-refractivity contribution in [3.63, 3.8) is 0 Å². The third kappa shape index (κ3) is 3.21. The number of likely N-dealkylation sites (tertiary alicyclic amines) is 1. The summed E-state index contributed by atoms with van der Waals surface area (Å²) in [5, 5.41) is 0. The Balaban J connectivity index is 1.41. The van der Waals surface area contributed by atoms with Crippen molar-refractivity contribution in [3.8, 4) is 5.75 Å². The highest BCUT2D eigenvalue weighted by Crippen LogP contribution is 2.36. The summed E-state index contributed by atoms with van der Waals surface area (Å²) in [6.45, 7) is 2.29. The Morgan fingerprint density at radius 3 is 2.88 bits per heavy atom. The Morgan fingerprint density at radius 1 is 1.16 bits per heavy atom. The highest BCUT2D eigenvalue weighted by molar-refractivity contribution is 5.83. The largest absolute Gasteiger partial charge is 0.483 e. The van der Waals surface area contributed by atoms with Crippen LogP contribution < -0.4 is 4.74 Å². The first-order chi connectivity index (χ1) is 12.2. The fourth-order valence-electron chi connectivity index (χ4n) is 3.69. The van der Waals surface area contributed by atoms with Crippen molar-refractivity contribution in [2.75, 3.05) is 32.8 Å². The Labute approximate surface area is 147 Å². The molecule has 3 heterocycles. The molecule has 2 saturated heterocycles. The van der Waals surface area contributed by atoms with Crippen LogP contribution in [0.1, 0.15) is 24.8 Å².